The Balaban J connectivity index is 1.66. The van der Waals surface area contributed by atoms with Gasteiger partial charge in [-0.1, -0.05) is 0 Å². The van der Waals surface area contributed by atoms with Crippen molar-refractivity contribution in [2.75, 3.05) is 5.75 Å². The Labute approximate surface area is 114 Å². The summed E-state index contributed by atoms with van der Waals surface area (Å²) in [4.78, 5) is 29.6. The molecule has 0 spiro atoms. The van der Waals surface area contributed by atoms with Gasteiger partial charge in [0.1, 0.15) is 10.9 Å². The van der Waals surface area contributed by atoms with Crippen LogP contribution in [0.4, 0.5) is 0 Å². The van der Waals surface area contributed by atoms with Gasteiger partial charge in [-0.25, -0.2) is 4.98 Å². The molecule has 0 aromatic carbocycles. The average molecular weight is 280 g/mol. The van der Waals surface area contributed by atoms with Crippen molar-refractivity contribution in [3.8, 4) is 0 Å². The zero-order valence-corrected chi connectivity index (χ0v) is 11.3. The molecule has 0 radical (unpaired) electrons. The molecule has 2 aliphatic rings. The first-order chi connectivity index (χ1) is 9.06. The third-order valence-corrected chi connectivity index (χ3v) is 4.97. The summed E-state index contributed by atoms with van der Waals surface area (Å²) in [5.74, 6) is 1.20. The molecule has 19 heavy (non-hydrogen) atoms. The number of hydrogen-bond donors (Lipinski definition) is 2. The van der Waals surface area contributed by atoms with E-state index in [4.69, 9.17) is 5.11 Å². The number of nitrogens with zero attached hydrogens (tertiary/aromatic N) is 1. The van der Waals surface area contributed by atoms with E-state index >= 15 is 0 Å². The lowest BCUT2D eigenvalue weighted by Gasteiger charge is -2.11. The Bertz CT molecular complexity index is 561. The predicted octanol–water partition coefficient (Wildman–Crippen LogP) is 1.99. The molecule has 2 aliphatic carbocycles. The van der Waals surface area contributed by atoms with Crippen molar-refractivity contribution >= 4 is 17.7 Å². The molecule has 1 heterocycles. The highest BCUT2D eigenvalue weighted by Gasteiger charge is 2.44. The fraction of sp³-hybridized carbons (Fsp3) is 0.615. The number of rotatable bonds is 6. The summed E-state index contributed by atoms with van der Waals surface area (Å²) in [7, 11) is 0. The maximum absolute atomic E-state index is 11.6. The Kier molecular flexibility index (Phi) is 3.12. The zero-order valence-electron chi connectivity index (χ0n) is 10.5. The first kappa shape index (κ1) is 12.7. The number of hydrogen-bond acceptors (Lipinski definition) is 4. The summed E-state index contributed by atoms with van der Waals surface area (Å²) in [6, 6.07) is 1.51. The Morgan fingerprint density at radius 3 is 2.84 bits per heavy atom. The van der Waals surface area contributed by atoms with Crippen LogP contribution in [0.15, 0.2) is 15.9 Å². The highest BCUT2D eigenvalue weighted by Crippen LogP contribution is 2.51. The molecule has 0 aliphatic heterocycles. The highest BCUT2D eigenvalue weighted by atomic mass is 32.2. The summed E-state index contributed by atoms with van der Waals surface area (Å²) in [6.45, 7) is 0. The lowest BCUT2D eigenvalue weighted by atomic mass is 10.1. The molecule has 0 unspecified atom stereocenters. The van der Waals surface area contributed by atoms with Crippen LogP contribution in [0.25, 0.3) is 0 Å². The van der Waals surface area contributed by atoms with Crippen LogP contribution in [-0.2, 0) is 4.79 Å². The summed E-state index contributed by atoms with van der Waals surface area (Å²) in [6.07, 6.45) is 4.34. The maximum Gasteiger partial charge on any atom is 0.303 e. The molecule has 6 heteroatoms. The average Bonchev–Trinajstić information content (AvgIpc) is 3.21. The number of aromatic nitrogens is 2. The van der Waals surface area contributed by atoms with Gasteiger partial charge < -0.3 is 10.1 Å². The monoisotopic (exact) mass is 280 g/mol. The first-order valence-corrected chi connectivity index (χ1v) is 7.51. The van der Waals surface area contributed by atoms with Crippen LogP contribution in [0.5, 0.6) is 0 Å². The van der Waals surface area contributed by atoms with Crippen molar-refractivity contribution in [3.63, 3.8) is 0 Å². The number of carboxylic acids is 1. The minimum absolute atomic E-state index is 0.0689. The van der Waals surface area contributed by atoms with Gasteiger partial charge in [0.25, 0.3) is 5.56 Å². The van der Waals surface area contributed by atoms with E-state index in [1.54, 1.807) is 0 Å². The molecule has 2 fully saturated rings. The summed E-state index contributed by atoms with van der Waals surface area (Å²) in [5, 5.41) is 9.60. The Morgan fingerprint density at radius 1 is 1.53 bits per heavy atom. The normalized spacial score (nSPS) is 20.2. The number of nitrogens with one attached hydrogen (secondary N) is 1. The molecule has 5 nitrogen and oxygen atoms in total. The van der Waals surface area contributed by atoms with E-state index in [9.17, 15) is 9.59 Å². The van der Waals surface area contributed by atoms with E-state index in [2.05, 4.69) is 9.97 Å². The second kappa shape index (κ2) is 4.67. The second-order valence-electron chi connectivity index (χ2n) is 5.60. The fourth-order valence-corrected chi connectivity index (χ4v) is 3.37. The van der Waals surface area contributed by atoms with Crippen molar-refractivity contribution in [3.05, 3.63) is 22.2 Å². The van der Waals surface area contributed by atoms with E-state index in [0.29, 0.717) is 5.92 Å². The first-order valence-electron chi connectivity index (χ1n) is 6.52. The molecule has 1 aromatic rings. The molecular formula is C13H16N2O3S. The van der Waals surface area contributed by atoms with Crippen LogP contribution < -0.4 is 5.56 Å². The minimum Gasteiger partial charge on any atom is -0.481 e. The molecule has 0 saturated heterocycles. The van der Waals surface area contributed by atoms with Crippen molar-refractivity contribution in [2.45, 2.75) is 43.0 Å². The zero-order chi connectivity index (χ0) is 13.5. The summed E-state index contributed by atoms with van der Waals surface area (Å²) >= 11 is 1.51. The van der Waals surface area contributed by atoms with E-state index in [-0.39, 0.29) is 17.4 Å². The quantitative estimate of drug-likeness (QED) is 0.615. The van der Waals surface area contributed by atoms with E-state index < -0.39 is 5.97 Å². The van der Waals surface area contributed by atoms with Crippen LogP contribution in [0.1, 0.15) is 43.8 Å². The van der Waals surface area contributed by atoms with Gasteiger partial charge in [0.2, 0.25) is 0 Å². The number of aliphatic carboxylic acids is 1. The SMILES string of the molecule is O=C(O)CC1(CSc2cc(=O)[nH]c(C3CC3)n2)CC1. The van der Waals surface area contributed by atoms with Crippen LogP contribution in [-0.4, -0.2) is 26.8 Å². The Morgan fingerprint density at radius 2 is 2.26 bits per heavy atom. The summed E-state index contributed by atoms with van der Waals surface area (Å²) in [5.41, 5.74) is -0.178. The largest absolute Gasteiger partial charge is 0.481 e. The van der Waals surface area contributed by atoms with Crippen molar-refractivity contribution in [1.82, 2.24) is 9.97 Å². The van der Waals surface area contributed by atoms with E-state index in [1.807, 2.05) is 0 Å². The lowest BCUT2D eigenvalue weighted by molar-refractivity contribution is -0.138. The molecule has 2 saturated carbocycles. The third kappa shape index (κ3) is 3.18. The van der Waals surface area contributed by atoms with Crippen molar-refractivity contribution in [2.24, 2.45) is 5.41 Å². The molecule has 0 amide bonds. The van der Waals surface area contributed by atoms with Gasteiger partial charge in [-0.2, -0.15) is 0 Å². The van der Waals surface area contributed by atoms with E-state index in [1.165, 1.54) is 17.8 Å². The predicted molar refractivity (Wildman–Crippen MR) is 71.5 cm³/mol. The van der Waals surface area contributed by atoms with Crippen molar-refractivity contribution in [1.29, 1.82) is 0 Å². The number of thioether (sulfide) groups is 1. The topological polar surface area (TPSA) is 83.0 Å². The van der Waals surface area contributed by atoms with Gasteiger partial charge in [0.15, 0.2) is 0 Å². The van der Waals surface area contributed by atoms with Crippen LogP contribution >= 0.6 is 11.8 Å². The number of carbonyl (C=O) groups is 1. The molecule has 3 rings (SSSR count). The van der Waals surface area contributed by atoms with Gasteiger partial charge >= 0.3 is 5.97 Å². The fourth-order valence-electron chi connectivity index (χ4n) is 2.17. The number of H-pyrrole nitrogens is 1. The highest BCUT2D eigenvalue weighted by molar-refractivity contribution is 7.99. The molecule has 0 bridgehead atoms. The van der Waals surface area contributed by atoms with Crippen LogP contribution in [0.2, 0.25) is 0 Å². The molecule has 2 N–H and O–H groups in total. The maximum atomic E-state index is 11.6. The molecule has 1 aromatic heterocycles. The second-order valence-corrected chi connectivity index (χ2v) is 6.60. The molecular weight excluding hydrogens is 264 g/mol. The number of carboxylic acid groups (broad SMARTS) is 1. The van der Waals surface area contributed by atoms with Gasteiger partial charge in [-0.15, -0.1) is 11.8 Å². The van der Waals surface area contributed by atoms with E-state index in [0.717, 1.165) is 42.3 Å². The third-order valence-electron chi connectivity index (χ3n) is 3.71. The Hall–Kier alpha value is -1.30. The molecule has 102 valence electrons. The minimum atomic E-state index is -0.740. The van der Waals surface area contributed by atoms with Gasteiger partial charge in [0, 0.05) is 17.7 Å². The van der Waals surface area contributed by atoms with Gasteiger partial charge in [0.05, 0.1) is 6.42 Å². The smallest absolute Gasteiger partial charge is 0.303 e. The summed E-state index contributed by atoms with van der Waals surface area (Å²) < 4.78 is 0. The number of aromatic amines is 1. The van der Waals surface area contributed by atoms with Gasteiger partial charge in [-0.05, 0) is 31.1 Å². The standard InChI is InChI=1S/C13H16N2O3S/c16-9-5-10(15-12(14-9)8-1-2-8)19-7-13(3-4-13)6-11(17)18/h5,8H,1-4,6-7H2,(H,17,18)(H,14,15,16). The van der Waals surface area contributed by atoms with Crippen LogP contribution in [0, 0.1) is 5.41 Å². The van der Waals surface area contributed by atoms with Gasteiger partial charge in [-0.3, -0.25) is 9.59 Å². The van der Waals surface area contributed by atoms with Crippen LogP contribution in [0.3, 0.4) is 0 Å². The van der Waals surface area contributed by atoms with Crippen molar-refractivity contribution < 1.29 is 9.90 Å². The molecule has 0 atom stereocenters. The lowest BCUT2D eigenvalue weighted by Crippen LogP contribution is -2.13.